The van der Waals surface area contributed by atoms with Crippen LogP contribution in [0.15, 0.2) is 34.3 Å². The fourth-order valence-electron chi connectivity index (χ4n) is 2.09. The van der Waals surface area contributed by atoms with E-state index in [4.69, 9.17) is 0 Å². The van der Waals surface area contributed by atoms with E-state index < -0.39 is 0 Å². The average Bonchev–Trinajstić information content (AvgIpc) is 2.35. The predicted octanol–water partition coefficient (Wildman–Crippen LogP) is 6.22. The lowest BCUT2D eigenvalue weighted by molar-refractivity contribution is 0.225. The van der Waals surface area contributed by atoms with Gasteiger partial charge in [-0.25, -0.2) is 9.98 Å². The van der Waals surface area contributed by atoms with E-state index in [9.17, 15) is 0 Å². The third kappa shape index (κ3) is 5.04. The Balaban J connectivity index is 3.11. The zero-order chi connectivity index (χ0) is 18.1. The first kappa shape index (κ1) is 19.6. The number of rotatable bonds is 3. The van der Waals surface area contributed by atoms with Crippen LogP contribution in [-0.4, -0.2) is 11.5 Å². The summed E-state index contributed by atoms with van der Waals surface area (Å²) in [6, 6.07) is 11.7. The van der Waals surface area contributed by atoms with E-state index in [1.165, 1.54) is 11.1 Å². The minimum absolute atomic E-state index is 0.118. The summed E-state index contributed by atoms with van der Waals surface area (Å²) in [5, 5.41) is 0. The standard InChI is InChI=1S/C21H34N2/c1-18(2,3)20(7,8)16-11-13-17(14-12-16)21(9,10)23-15-22-19(4,5)6/h11-14H,1-10H3. The van der Waals surface area contributed by atoms with E-state index in [1.54, 1.807) is 0 Å². The number of nitrogens with zero attached hydrogens (tertiary/aromatic N) is 2. The molecule has 0 saturated carbocycles. The molecule has 0 atom stereocenters. The first-order chi connectivity index (χ1) is 10.2. The van der Waals surface area contributed by atoms with Crippen LogP contribution in [0.1, 0.15) is 80.4 Å². The zero-order valence-corrected chi connectivity index (χ0v) is 16.7. The molecule has 0 spiro atoms. The van der Waals surface area contributed by atoms with Crippen molar-refractivity contribution in [2.75, 3.05) is 0 Å². The summed E-state index contributed by atoms with van der Waals surface area (Å²) in [5.41, 5.74) is 2.41. The zero-order valence-electron chi connectivity index (χ0n) is 16.7. The van der Waals surface area contributed by atoms with E-state index in [1.807, 2.05) is 20.8 Å². The maximum Gasteiger partial charge on any atom is 0.0910 e. The molecule has 0 aliphatic carbocycles. The Morgan fingerprint density at radius 1 is 0.652 bits per heavy atom. The number of hydrogen-bond acceptors (Lipinski definition) is 2. The van der Waals surface area contributed by atoms with Crippen molar-refractivity contribution in [1.29, 1.82) is 0 Å². The van der Waals surface area contributed by atoms with E-state index in [0.29, 0.717) is 0 Å². The molecule has 2 heteroatoms. The summed E-state index contributed by atoms with van der Waals surface area (Å²) < 4.78 is 0. The number of aliphatic imine (C=N–C) groups is 2. The highest BCUT2D eigenvalue weighted by Gasteiger charge is 2.34. The van der Waals surface area contributed by atoms with Crippen LogP contribution in [0.25, 0.3) is 0 Å². The molecule has 0 fully saturated rings. The largest absolute Gasteiger partial charge is 0.220 e. The first-order valence-electron chi connectivity index (χ1n) is 8.47. The lowest BCUT2D eigenvalue weighted by atomic mass is 9.65. The van der Waals surface area contributed by atoms with Crippen LogP contribution in [0, 0.1) is 5.41 Å². The van der Waals surface area contributed by atoms with Crippen molar-refractivity contribution < 1.29 is 0 Å². The Bertz CT molecular complexity index is 584. The Hall–Kier alpha value is -1.40. The molecule has 0 bridgehead atoms. The summed E-state index contributed by atoms with van der Waals surface area (Å²) in [4.78, 5) is 8.88. The van der Waals surface area contributed by atoms with Gasteiger partial charge >= 0.3 is 0 Å². The summed E-state index contributed by atoms with van der Waals surface area (Å²) in [6.45, 7) is 21.8. The Labute approximate surface area is 143 Å². The van der Waals surface area contributed by atoms with Gasteiger partial charge in [0.2, 0.25) is 0 Å². The molecule has 128 valence electrons. The van der Waals surface area contributed by atoms with E-state index in [0.717, 1.165) is 0 Å². The molecule has 23 heavy (non-hydrogen) atoms. The lowest BCUT2D eigenvalue weighted by Gasteiger charge is -2.39. The first-order valence-corrected chi connectivity index (χ1v) is 8.47. The maximum atomic E-state index is 4.54. The van der Waals surface area contributed by atoms with Crippen molar-refractivity contribution >= 4 is 6.01 Å². The Kier molecular flexibility index (Phi) is 5.33. The van der Waals surface area contributed by atoms with Crippen molar-refractivity contribution in [1.82, 2.24) is 0 Å². The van der Waals surface area contributed by atoms with Gasteiger partial charge in [0.05, 0.1) is 17.1 Å². The molecule has 0 aliphatic rings. The van der Waals surface area contributed by atoms with Gasteiger partial charge in [-0.1, -0.05) is 58.9 Å². The van der Waals surface area contributed by atoms with Gasteiger partial charge in [-0.3, -0.25) is 0 Å². The fourth-order valence-corrected chi connectivity index (χ4v) is 2.09. The second-order valence-electron chi connectivity index (χ2n) is 9.51. The van der Waals surface area contributed by atoms with Gasteiger partial charge in [0, 0.05) is 0 Å². The molecule has 0 aliphatic heterocycles. The molecule has 0 saturated heterocycles. The third-order valence-corrected chi connectivity index (χ3v) is 4.90. The molecule has 0 radical (unpaired) electrons. The number of benzene rings is 1. The molecule has 2 nitrogen and oxygen atoms in total. The van der Waals surface area contributed by atoms with E-state index >= 15 is 0 Å². The van der Waals surface area contributed by atoms with Crippen LogP contribution in [-0.2, 0) is 11.0 Å². The number of hydrogen-bond donors (Lipinski definition) is 0. The van der Waals surface area contributed by atoms with Crippen LogP contribution >= 0.6 is 0 Å². The van der Waals surface area contributed by atoms with Crippen molar-refractivity contribution in [3.05, 3.63) is 35.4 Å². The van der Waals surface area contributed by atoms with Gasteiger partial charge < -0.3 is 0 Å². The molecular formula is C21H34N2. The SMILES string of the molecule is CC(C)(C)N=C=NC(C)(C)c1ccc(C(C)(C)C(C)(C)C)cc1. The Morgan fingerprint density at radius 2 is 1.09 bits per heavy atom. The van der Waals surface area contributed by atoms with Gasteiger partial charge in [-0.2, -0.15) is 0 Å². The van der Waals surface area contributed by atoms with Gasteiger partial charge in [0.15, 0.2) is 0 Å². The highest BCUT2D eigenvalue weighted by Crippen LogP contribution is 2.41. The van der Waals surface area contributed by atoms with Crippen molar-refractivity contribution in [2.45, 2.75) is 85.7 Å². The van der Waals surface area contributed by atoms with Gasteiger partial charge in [-0.15, -0.1) is 0 Å². The van der Waals surface area contributed by atoms with Crippen molar-refractivity contribution in [3.63, 3.8) is 0 Å². The average molecular weight is 315 g/mol. The molecule has 0 aromatic heterocycles. The predicted molar refractivity (Wildman–Crippen MR) is 102 cm³/mol. The minimum atomic E-state index is -0.320. The van der Waals surface area contributed by atoms with Crippen LogP contribution in [0.3, 0.4) is 0 Å². The molecule has 0 heterocycles. The molecule has 0 N–H and O–H groups in total. The smallest absolute Gasteiger partial charge is 0.0910 e. The summed E-state index contributed by atoms with van der Waals surface area (Å²) >= 11 is 0. The summed E-state index contributed by atoms with van der Waals surface area (Å²) in [5.74, 6) is 0. The van der Waals surface area contributed by atoms with Crippen LogP contribution in [0.2, 0.25) is 0 Å². The Morgan fingerprint density at radius 3 is 1.48 bits per heavy atom. The third-order valence-electron chi connectivity index (χ3n) is 4.90. The molecule has 0 unspecified atom stereocenters. The molecular weight excluding hydrogens is 280 g/mol. The lowest BCUT2D eigenvalue weighted by Crippen LogP contribution is -2.34. The molecule has 0 amide bonds. The summed E-state index contributed by atoms with van der Waals surface area (Å²) in [6.07, 6.45) is 0. The van der Waals surface area contributed by atoms with Crippen LogP contribution < -0.4 is 0 Å². The van der Waals surface area contributed by atoms with E-state index in [2.05, 4.69) is 88.7 Å². The molecule has 1 aromatic rings. The molecule has 1 aromatic carbocycles. The normalized spacial score (nSPS) is 13.5. The molecule has 1 rings (SSSR count). The monoisotopic (exact) mass is 314 g/mol. The van der Waals surface area contributed by atoms with Crippen molar-refractivity contribution in [3.8, 4) is 0 Å². The van der Waals surface area contributed by atoms with E-state index in [-0.39, 0.29) is 21.9 Å². The van der Waals surface area contributed by atoms with Crippen molar-refractivity contribution in [2.24, 2.45) is 15.4 Å². The summed E-state index contributed by atoms with van der Waals surface area (Å²) in [7, 11) is 0. The second-order valence-corrected chi connectivity index (χ2v) is 9.51. The van der Waals surface area contributed by atoms with Gasteiger partial charge in [0.25, 0.3) is 0 Å². The second kappa shape index (κ2) is 6.24. The van der Waals surface area contributed by atoms with Crippen LogP contribution in [0.4, 0.5) is 0 Å². The highest BCUT2D eigenvalue weighted by atomic mass is 14.9. The minimum Gasteiger partial charge on any atom is -0.220 e. The topological polar surface area (TPSA) is 24.7 Å². The fraction of sp³-hybridized carbons (Fsp3) is 0.667. The van der Waals surface area contributed by atoms with Crippen LogP contribution in [0.5, 0.6) is 0 Å². The van der Waals surface area contributed by atoms with Gasteiger partial charge in [0.1, 0.15) is 0 Å². The maximum absolute atomic E-state index is 4.54. The highest BCUT2D eigenvalue weighted by molar-refractivity contribution is 5.45. The quantitative estimate of drug-likeness (QED) is 0.592. The van der Waals surface area contributed by atoms with Gasteiger partial charge in [-0.05, 0) is 56.6 Å².